The van der Waals surface area contributed by atoms with Gasteiger partial charge in [0.15, 0.2) is 0 Å². The van der Waals surface area contributed by atoms with E-state index in [1.807, 2.05) is 24.3 Å². The fourth-order valence-electron chi connectivity index (χ4n) is 5.24. The zero-order valence-corrected chi connectivity index (χ0v) is 26.9. The molecule has 4 N–H and O–H groups in total. The van der Waals surface area contributed by atoms with E-state index in [1.54, 1.807) is 48.5 Å². The summed E-state index contributed by atoms with van der Waals surface area (Å²) >= 11 is 0. The van der Waals surface area contributed by atoms with Crippen LogP contribution in [0.2, 0.25) is 0 Å². The normalized spacial score (nSPS) is 17.4. The summed E-state index contributed by atoms with van der Waals surface area (Å²) in [5.41, 5.74) is 2.34. The molecular formula is C31H41N5O6S2. The molecule has 44 heavy (non-hydrogen) atoms. The SMILES string of the molecule is CCCCC1CC(NC(=O)Nc2ccccc2NS(C)(=O)=O)CCN1Cc1ccc(Oc2ccc(NS(C)(=O)=O)cc2)cc1. The number of hydrogen-bond acceptors (Lipinski definition) is 7. The second kappa shape index (κ2) is 14.8. The molecule has 0 saturated carbocycles. The van der Waals surface area contributed by atoms with Gasteiger partial charge < -0.3 is 15.4 Å². The molecule has 1 fully saturated rings. The van der Waals surface area contributed by atoms with Crippen LogP contribution in [-0.4, -0.2) is 58.9 Å². The topological polar surface area (TPSA) is 146 Å². The Morgan fingerprint density at radius 3 is 2.09 bits per heavy atom. The van der Waals surface area contributed by atoms with Crippen molar-refractivity contribution in [2.75, 3.05) is 33.8 Å². The van der Waals surface area contributed by atoms with Crippen LogP contribution >= 0.6 is 0 Å². The standard InChI is InChI=1S/C31H41N5O6S2/c1-4-5-8-26-21-25(32-31(37)33-29-9-6-7-10-30(29)35-44(3,40)41)19-20-36(26)22-23-11-15-27(16-12-23)42-28-17-13-24(14-18-28)34-43(2,38)39/h6-7,9-18,25-26,34-35H,4-5,8,19-22H2,1-3H3,(H2,32,33,37). The fraction of sp³-hybridized carbons (Fsp3) is 0.387. The number of nitrogens with zero attached hydrogens (tertiary/aromatic N) is 1. The number of hydrogen-bond donors (Lipinski definition) is 4. The van der Waals surface area contributed by atoms with E-state index in [-0.39, 0.29) is 12.1 Å². The molecule has 3 aromatic rings. The van der Waals surface area contributed by atoms with Gasteiger partial charge in [-0.15, -0.1) is 0 Å². The largest absolute Gasteiger partial charge is 0.457 e. The van der Waals surface area contributed by atoms with Crippen LogP contribution in [0.5, 0.6) is 11.5 Å². The number of anilines is 3. The minimum atomic E-state index is -3.49. The minimum Gasteiger partial charge on any atom is -0.457 e. The summed E-state index contributed by atoms with van der Waals surface area (Å²) in [5, 5.41) is 5.88. The molecular weight excluding hydrogens is 603 g/mol. The van der Waals surface area contributed by atoms with Crippen LogP contribution in [0.1, 0.15) is 44.6 Å². The molecule has 0 spiro atoms. The number of sulfonamides is 2. The van der Waals surface area contributed by atoms with E-state index in [9.17, 15) is 21.6 Å². The lowest BCUT2D eigenvalue weighted by Crippen LogP contribution is -2.50. The lowest BCUT2D eigenvalue weighted by Gasteiger charge is -2.40. The van der Waals surface area contributed by atoms with Gasteiger partial charge >= 0.3 is 6.03 Å². The van der Waals surface area contributed by atoms with Crippen LogP contribution in [0.3, 0.4) is 0 Å². The second-order valence-corrected chi connectivity index (χ2v) is 14.6. The first-order valence-corrected chi connectivity index (χ1v) is 18.4. The second-order valence-electron chi connectivity index (χ2n) is 11.2. The predicted octanol–water partition coefficient (Wildman–Crippen LogP) is 5.57. The highest BCUT2D eigenvalue weighted by atomic mass is 32.2. The molecule has 0 radical (unpaired) electrons. The third-order valence-corrected chi connectivity index (χ3v) is 8.43. The van der Waals surface area contributed by atoms with Gasteiger partial charge in [-0.1, -0.05) is 44.0 Å². The smallest absolute Gasteiger partial charge is 0.319 e. The summed E-state index contributed by atoms with van der Waals surface area (Å²) in [7, 11) is -6.82. The Morgan fingerprint density at radius 1 is 0.864 bits per heavy atom. The molecule has 1 saturated heterocycles. The number of rotatable bonds is 13. The van der Waals surface area contributed by atoms with Crippen LogP contribution in [0, 0.1) is 0 Å². The zero-order chi connectivity index (χ0) is 31.7. The molecule has 1 aliphatic heterocycles. The number of benzene rings is 3. The maximum atomic E-state index is 12.9. The number of nitrogens with one attached hydrogen (secondary N) is 4. The van der Waals surface area contributed by atoms with Crippen molar-refractivity contribution < 1.29 is 26.4 Å². The Labute approximate surface area is 260 Å². The summed E-state index contributed by atoms with van der Waals surface area (Å²) in [6.45, 7) is 3.79. The molecule has 13 heteroatoms. The number of carbonyl (C=O) groups is 1. The van der Waals surface area contributed by atoms with Crippen molar-refractivity contribution in [2.24, 2.45) is 0 Å². The first-order chi connectivity index (χ1) is 20.9. The van der Waals surface area contributed by atoms with E-state index < -0.39 is 20.0 Å². The van der Waals surface area contributed by atoms with E-state index in [0.717, 1.165) is 63.3 Å². The molecule has 1 aliphatic rings. The van der Waals surface area contributed by atoms with Crippen molar-refractivity contribution in [3.63, 3.8) is 0 Å². The highest BCUT2D eigenvalue weighted by Crippen LogP contribution is 2.27. The summed E-state index contributed by atoms with van der Waals surface area (Å²) in [4.78, 5) is 15.3. The van der Waals surface area contributed by atoms with Crippen molar-refractivity contribution in [2.45, 2.75) is 57.7 Å². The first-order valence-electron chi connectivity index (χ1n) is 14.6. The Morgan fingerprint density at radius 2 is 1.48 bits per heavy atom. The summed E-state index contributed by atoms with van der Waals surface area (Å²) in [6, 6.07) is 21.3. The van der Waals surface area contributed by atoms with Crippen molar-refractivity contribution >= 4 is 43.1 Å². The van der Waals surface area contributed by atoms with E-state index in [4.69, 9.17) is 4.74 Å². The van der Waals surface area contributed by atoms with Gasteiger partial charge in [0.05, 0.1) is 23.9 Å². The quantitative estimate of drug-likeness (QED) is 0.191. The van der Waals surface area contributed by atoms with Crippen molar-refractivity contribution in [1.29, 1.82) is 0 Å². The minimum absolute atomic E-state index is 0.00191. The third kappa shape index (κ3) is 10.7. The van der Waals surface area contributed by atoms with Crippen LogP contribution in [0.25, 0.3) is 0 Å². The number of piperidine rings is 1. The lowest BCUT2D eigenvalue weighted by atomic mass is 9.93. The molecule has 238 valence electrons. The lowest BCUT2D eigenvalue weighted by molar-refractivity contribution is 0.111. The predicted molar refractivity (Wildman–Crippen MR) is 175 cm³/mol. The van der Waals surface area contributed by atoms with Crippen LogP contribution in [0.4, 0.5) is 21.9 Å². The number of urea groups is 1. The van der Waals surface area contributed by atoms with Gasteiger partial charge in [-0.3, -0.25) is 14.3 Å². The van der Waals surface area contributed by atoms with Crippen LogP contribution in [0.15, 0.2) is 72.8 Å². The number of amides is 2. The number of para-hydroxylation sites is 2. The Hall–Kier alpha value is -3.81. The van der Waals surface area contributed by atoms with Crippen LogP contribution in [-0.2, 0) is 26.6 Å². The van der Waals surface area contributed by atoms with Gasteiger partial charge in [0.1, 0.15) is 11.5 Å². The van der Waals surface area contributed by atoms with Gasteiger partial charge in [-0.2, -0.15) is 0 Å². The number of likely N-dealkylation sites (tertiary alicyclic amines) is 1. The Kier molecular flexibility index (Phi) is 11.1. The molecule has 3 aromatic carbocycles. The molecule has 0 aromatic heterocycles. The Balaban J connectivity index is 1.32. The first kappa shape index (κ1) is 33.1. The maximum Gasteiger partial charge on any atom is 0.319 e. The van der Waals surface area contributed by atoms with E-state index in [0.29, 0.717) is 34.6 Å². The third-order valence-electron chi connectivity index (χ3n) is 7.24. The summed E-state index contributed by atoms with van der Waals surface area (Å²) < 4.78 is 57.0. The van der Waals surface area contributed by atoms with Crippen LogP contribution < -0.4 is 24.8 Å². The molecule has 2 atom stereocenters. The molecule has 0 bridgehead atoms. The zero-order valence-electron chi connectivity index (χ0n) is 25.2. The average molecular weight is 644 g/mol. The van der Waals surface area contributed by atoms with Crippen molar-refractivity contribution in [1.82, 2.24) is 10.2 Å². The molecule has 2 amide bonds. The highest BCUT2D eigenvalue weighted by molar-refractivity contribution is 7.92. The average Bonchev–Trinajstić information content (AvgIpc) is 2.94. The van der Waals surface area contributed by atoms with Gasteiger partial charge in [-0.25, -0.2) is 21.6 Å². The number of ether oxygens (including phenoxy) is 1. The molecule has 2 unspecified atom stereocenters. The van der Waals surface area contributed by atoms with E-state index in [1.165, 1.54) is 0 Å². The van der Waals surface area contributed by atoms with Gasteiger partial charge in [0, 0.05) is 30.9 Å². The number of unbranched alkanes of at least 4 members (excludes halogenated alkanes) is 1. The molecule has 11 nitrogen and oxygen atoms in total. The van der Waals surface area contributed by atoms with Crippen molar-refractivity contribution in [3.8, 4) is 11.5 Å². The Bertz CT molecular complexity index is 1610. The monoisotopic (exact) mass is 643 g/mol. The van der Waals surface area contributed by atoms with E-state index >= 15 is 0 Å². The van der Waals surface area contributed by atoms with Crippen molar-refractivity contribution in [3.05, 3.63) is 78.4 Å². The molecule has 1 heterocycles. The fourth-order valence-corrected chi connectivity index (χ4v) is 6.38. The maximum absolute atomic E-state index is 12.9. The van der Waals surface area contributed by atoms with E-state index in [2.05, 4.69) is 31.9 Å². The molecule has 0 aliphatic carbocycles. The number of carbonyl (C=O) groups excluding carboxylic acids is 1. The summed E-state index contributed by atoms with van der Waals surface area (Å²) in [6.07, 6.45) is 7.01. The van der Waals surface area contributed by atoms with Gasteiger partial charge in [0.25, 0.3) is 0 Å². The molecule has 4 rings (SSSR count). The summed E-state index contributed by atoms with van der Waals surface area (Å²) in [5.74, 6) is 1.28. The van der Waals surface area contributed by atoms with Gasteiger partial charge in [0.2, 0.25) is 20.0 Å². The highest BCUT2D eigenvalue weighted by Gasteiger charge is 2.29. The van der Waals surface area contributed by atoms with Gasteiger partial charge in [-0.05, 0) is 73.4 Å².